The SMILES string of the molecule is CC(C)c1cc(Cl)cc(C(C)C)c1NC(=O)NS(=O)(=O)C1CCCCN1. The lowest BCUT2D eigenvalue weighted by molar-refractivity contribution is 0.256. The Labute approximate surface area is 161 Å². The number of carbonyl (C=O) groups is 1. The van der Waals surface area contributed by atoms with Crippen molar-refractivity contribution in [2.24, 2.45) is 0 Å². The fraction of sp³-hybridized carbons (Fsp3) is 0.611. The minimum absolute atomic E-state index is 0.123. The lowest BCUT2D eigenvalue weighted by Gasteiger charge is -2.24. The molecule has 6 nitrogen and oxygen atoms in total. The minimum atomic E-state index is -3.78. The zero-order valence-corrected chi connectivity index (χ0v) is 17.3. The van der Waals surface area contributed by atoms with E-state index in [4.69, 9.17) is 11.6 Å². The number of halogens is 1. The van der Waals surface area contributed by atoms with Crippen LogP contribution >= 0.6 is 11.6 Å². The Morgan fingerprint density at radius 3 is 2.19 bits per heavy atom. The highest BCUT2D eigenvalue weighted by atomic mass is 35.5. The van der Waals surface area contributed by atoms with Gasteiger partial charge in [0.15, 0.2) is 0 Å². The number of anilines is 1. The smallest absolute Gasteiger partial charge is 0.307 e. The first kappa shape index (κ1) is 21.0. The van der Waals surface area contributed by atoms with Crippen LogP contribution in [0, 0.1) is 0 Å². The van der Waals surface area contributed by atoms with Gasteiger partial charge < -0.3 is 5.32 Å². The van der Waals surface area contributed by atoms with Gasteiger partial charge in [0.25, 0.3) is 10.0 Å². The number of nitrogens with one attached hydrogen (secondary N) is 3. The summed E-state index contributed by atoms with van der Waals surface area (Å²) in [7, 11) is -3.78. The van der Waals surface area contributed by atoms with Crippen molar-refractivity contribution in [2.75, 3.05) is 11.9 Å². The maximum Gasteiger partial charge on any atom is 0.332 e. The standard InChI is InChI=1S/C18H28ClN3O3S/c1-11(2)14-9-13(19)10-15(12(3)4)17(14)21-18(23)22-26(24,25)16-7-5-6-8-20-16/h9-12,16,20H,5-8H2,1-4H3,(H2,21,22,23). The molecule has 0 aromatic heterocycles. The molecule has 1 aromatic carbocycles. The summed E-state index contributed by atoms with van der Waals surface area (Å²) in [6.07, 6.45) is 2.27. The van der Waals surface area contributed by atoms with E-state index in [1.165, 1.54) is 0 Å². The molecular weight excluding hydrogens is 374 g/mol. The fourth-order valence-corrected chi connectivity index (χ4v) is 4.63. The van der Waals surface area contributed by atoms with Crippen LogP contribution in [0.3, 0.4) is 0 Å². The van der Waals surface area contributed by atoms with Crippen LogP contribution in [0.1, 0.15) is 69.9 Å². The molecule has 1 aliphatic heterocycles. The normalized spacial score (nSPS) is 18.2. The van der Waals surface area contributed by atoms with Crippen LogP contribution in [-0.4, -0.2) is 26.4 Å². The second kappa shape index (κ2) is 8.59. The Morgan fingerprint density at radius 1 is 1.15 bits per heavy atom. The largest absolute Gasteiger partial charge is 0.332 e. The molecule has 0 spiro atoms. The van der Waals surface area contributed by atoms with Crippen LogP contribution in [0.15, 0.2) is 12.1 Å². The van der Waals surface area contributed by atoms with Gasteiger partial charge in [-0.05, 0) is 60.9 Å². The molecule has 26 heavy (non-hydrogen) atoms. The van der Waals surface area contributed by atoms with Crippen LogP contribution in [0.2, 0.25) is 5.02 Å². The van der Waals surface area contributed by atoms with Crippen LogP contribution in [-0.2, 0) is 10.0 Å². The Morgan fingerprint density at radius 2 is 1.73 bits per heavy atom. The van der Waals surface area contributed by atoms with Crippen molar-refractivity contribution in [2.45, 2.75) is 64.2 Å². The van der Waals surface area contributed by atoms with Crippen molar-refractivity contribution < 1.29 is 13.2 Å². The van der Waals surface area contributed by atoms with E-state index in [0.29, 0.717) is 23.7 Å². The van der Waals surface area contributed by atoms with Gasteiger partial charge in [-0.1, -0.05) is 39.3 Å². The molecule has 1 aliphatic rings. The number of amides is 2. The third kappa shape index (κ3) is 5.11. The summed E-state index contributed by atoms with van der Waals surface area (Å²) < 4.78 is 27.0. The monoisotopic (exact) mass is 401 g/mol. The zero-order chi connectivity index (χ0) is 19.5. The number of hydrogen-bond acceptors (Lipinski definition) is 4. The van der Waals surface area contributed by atoms with E-state index < -0.39 is 21.4 Å². The van der Waals surface area contributed by atoms with Crippen LogP contribution in [0.4, 0.5) is 10.5 Å². The first-order valence-corrected chi connectivity index (χ1v) is 10.9. The molecular formula is C18H28ClN3O3S. The quantitative estimate of drug-likeness (QED) is 0.691. The van der Waals surface area contributed by atoms with Crippen molar-refractivity contribution in [1.29, 1.82) is 0 Å². The van der Waals surface area contributed by atoms with Crippen LogP contribution in [0.25, 0.3) is 0 Å². The van der Waals surface area contributed by atoms with E-state index in [1.54, 1.807) is 0 Å². The molecule has 1 saturated heterocycles. The van der Waals surface area contributed by atoms with Gasteiger partial charge in [0.2, 0.25) is 0 Å². The molecule has 0 saturated carbocycles. The molecule has 2 rings (SSSR count). The van der Waals surface area contributed by atoms with Gasteiger partial charge in [-0.2, -0.15) is 0 Å². The van der Waals surface area contributed by atoms with E-state index >= 15 is 0 Å². The van der Waals surface area contributed by atoms with E-state index in [1.807, 2.05) is 39.8 Å². The van der Waals surface area contributed by atoms with Crippen LogP contribution < -0.4 is 15.4 Å². The number of piperidine rings is 1. The molecule has 1 atom stereocenters. The summed E-state index contributed by atoms with van der Waals surface area (Å²) in [5, 5.41) is 5.56. The first-order valence-electron chi connectivity index (χ1n) is 9.01. The molecule has 3 N–H and O–H groups in total. The second-order valence-corrected chi connectivity index (χ2v) is 9.61. The molecule has 1 aromatic rings. The van der Waals surface area contributed by atoms with Gasteiger partial charge >= 0.3 is 6.03 Å². The molecule has 8 heteroatoms. The predicted octanol–water partition coefficient (Wildman–Crippen LogP) is 4.14. The Hall–Kier alpha value is -1.31. The fourth-order valence-electron chi connectivity index (χ4n) is 3.13. The second-order valence-electron chi connectivity index (χ2n) is 7.31. The lowest BCUT2D eigenvalue weighted by Crippen LogP contribution is -2.49. The number of rotatable bonds is 5. The number of carbonyl (C=O) groups excluding carboxylic acids is 1. The number of benzene rings is 1. The molecule has 1 fully saturated rings. The molecule has 146 valence electrons. The van der Waals surface area contributed by atoms with Crippen molar-refractivity contribution in [3.8, 4) is 0 Å². The maximum absolute atomic E-state index is 12.4. The molecule has 0 aliphatic carbocycles. The van der Waals surface area contributed by atoms with E-state index in [0.717, 1.165) is 24.0 Å². The lowest BCUT2D eigenvalue weighted by atomic mass is 9.92. The third-order valence-corrected chi connectivity index (χ3v) is 6.36. The molecule has 1 unspecified atom stereocenters. The zero-order valence-electron chi connectivity index (χ0n) is 15.7. The van der Waals surface area contributed by atoms with Gasteiger partial charge in [0.1, 0.15) is 5.37 Å². The van der Waals surface area contributed by atoms with Gasteiger partial charge in [-0.25, -0.2) is 17.9 Å². The van der Waals surface area contributed by atoms with Gasteiger partial charge in [-0.15, -0.1) is 0 Å². The average molecular weight is 402 g/mol. The predicted molar refractivity (Wildman–Crippen MR) is 106 cm³/mol. The highest BCUT2D eigenvalue weighted by Gasteiger charge is 2.29. The summed E-state index contributed by atoms with van der Waals surface area (Å²) in [5.74, 6) is 0.247. The Kier molecular flexibility index (Phi) is 6.93. The van der Waals surface area contributed by atoms with Crippen molar-refractivity contribution in [1.82, 2.24) is 10.0 Å². The number of urea groups is 1. The number of hydrogen-bond donors (Lipinski definition) is 3. The molecule has 0 radical (unpaired) electrons. The van der Waals surface area contributed by atoms with E-state index in [9.17, 15) is 13.2 Å². The third-order valence-electron chi connectivity index (χ3n) is 4.52. The first-order chi connectivity index (χ1) is 12.1. The number of sulfonamides is 1. The summed E-state index contributed by atoms with van der Waals surface area (Å²) in [4.78, 5) is 12.4. The molecule has 1 heterocycles. The summed E-state index contributed by atoms with van der Waals surface area (Å²) in [6, 6.07) is 2.87. The van der Waals surface area contributed by atoms with Gasteiger partial charge in [0.05, 0.1) is 0 Å². The van der Waals surface area contributed by atoms with Crippen molar-refractivity contribution >= 4 is 33.3 Å². The van der Waals surface area contributed by atoms with E-state index in [2.05, 4.69) is 15.4 Å². The topological polar surface area (TPSA) is 87.3 Å². The van der Waals surface area contributed by atoms with Crippen molar-refractivity contribution in [3.63, 3.8) is 0 Å². The molecule has 0 bridgehead atoms. The van der Waals surface area contributed by atoms with Gasteiger partial charge in [-0.3, -0.25) is 5.32 Å². The van der Waals surface area contributed by atoms with Gasteiger partial charge in [0, 0.05) is 10.7 Å². The molecule has 2 amide bonds. The Balaban J connectivity index is 2.25. The summed E-state index contributed by atoms with van der Waals surface area (Å²) >= 11 is 6.22. The highest BCUT2D eigenvalue weighted by molar-refractivity contribution is 7.90. The van der Waals surface area contributed by atoms with Crippen LogP contribution in [0.5, 0.6) is 0 Å². The summed E-state index contributed by atoms with van der Waals surface area (Å²) in [6.45, 7) is 8.64. The minimum Gasteiger partial charge on any atom is -0.307 e. The van der Waals surface area contributed by atoms with Crippen molar-refractivity contribution in [3.05, 3.63) is 28.3 Å². The average Bonchev–Trinajstić information content (AvgIpc) is 2.56. The van der Waals surface area contributed by atoms with E-state index in [-0.39, 0.29) is 11.8 Å². The Bertz CT molecular complexity index is 728. The highest BCUT2D eigenvalue weighted by Crippen LogP contribution is 2.35. The summed E-state index contributed by atoms with van der Waals surface area (Å²) in [5.41, 5.74) is 2.39. The maximum atomic E-state index is 12.4.